The molecule has 1 aliphatic rings. The predicted molar refractivity (Wildman–Crippen MR) is 94.6 cm³/mol. The maximum atomic E-state index is 12.6. The lowest BCUT2D eigenvalue weighted by Crippen LogP contribution is -2.49. The number of rotatable bonds is 9. The van der Waals surface area contributed by atoms with Crippen LogP contribution in [0.3, 0.4) is 0 Å². The minimum atomic E-state index is -3.29. The summed E-state index contributed by atoms with van der Waals surface area (Å²) in [4.78, 5) is 12.6. The first kappa shape index (κ1) is 18.7. The number of carbonyl (C=O) groups excluding carboxylic acids is 1. The second-order valence-electron chi connectivity index (χ2n) is 6.12. The van der Waals surface area contributed by atoms with Crippen molar-refractivity contribution in [3.05, 3.63) is 29.8 Å². The van der Waals surface area contributed by atoms with E-state index < -0.39 is 15.4 Å². The molecule has 0 radical (unpaired) electrons. The average Bonchev–Trinajstić information content (AvgIpc) is 2.52. The average molecular weight is 354 g/mol. The maximum Gasteiger partial charge on any atom is 0.232 e. The SMILES string of the molecule is CCS(=O)(=O)Nc1ccc(C2(C(=O)NCCCOC)CCC2)cc1. The van der Waals surface area contributed by atoms with Crippen LogP contribution in [0.4, 0.5) is 5.69 Å². The van der Waals surface area contributed by atoms with E-state index in [-0.39, 0.29) is 11.7 Å². The topological polar surface area (TPSA) is 84.5 Å². The van der Waals surface area contributed by atoms with Crippen molar-refractivity contribution in [2.75, 3.05) is 30.7 Å². The lowest BCUT2D eigenvalue weighted by Gasteiger charge is -2.40. The van der Waals surface area contributed by atoms with Crippen LogP contribution in [0.5, 0.6) is 0 Å². The molecule has 2 N–H and O–H groups in total. The number of hydrogen-bond donors (Lipinski definition) is 2. The summed E-state index contributed by atoms with van der Waals surface area (Å²) in [6.07, 6.45) is 3.46. The molecule has 1 aromatic rings. The molecule has 1 aromatic carbocycles. The van der Waals surface area contributed by atoms with Gasteiger partial charge in [-0.1, -0.05) is 18.6 Å². The zero-order chi connectivity index (χ0) is 17.6. The van der Waals surface area contributed by atoms with Crippen molar-refractivity contribution in [1.29, 1.82) is 0 Å². The van der Waals surface area contributed by atoms with Crippen LogP contribution in [0.2, 0.25) is 0 Å². The lowest BCUT2D eigenvalue weighted by atomic mass is 9.64. The van der Waals surface area contributed by atoms with E-state index >= 15 is 0 Å². The van der Waals surface area contributed by atoms with Gasteiger partial charge in [-0.25, -0.2) is 8.42 Å². The van der Waals surface area contributed by atoms with Gasteiger partial charge in [0.05, 0.1) is 11.2 Å². The fourth-order valence-corrected chi connectivity index (χ4v) is 3.51. The van der Waals surface area contributed by atoms with E-state index in [1.165, 1.54) is 0 Å². The van der Waals surface area contributed by atoms with Crippen molar-refractivity contribution in [3.63, 3.8) is 0 Å². The third-order valence-electron chi connectivity index (χ3n) is 4.54. The van der Waals surface area contributed by atoms with Crippen LogP contribution in [0.25, 0.3) is 0 Å². The van der Waals surface area contributed by atoms with E-state index in [2.05, 4.69) is 10.0 Å². The molecule has 0 aromatic heterocycles. The number of sulfonamides is 1. The summed E-state index contributed by atoms with van der Waals surface area (Å²) in [5, 5.41) is 2.99. The Balaban J connectivity index is 2.06. The van der Waals surface area contributed by atoms with E-state index in [0.29, 0.717) is 18.8 Å². The zero-order valence-corrected chi connectivity index (χ0v) is 15.1. The number of anilines is 1. The van der Waals surface area contributed by atoms with Crippen molar-refractivity contribution < 1.29 is 17.9 Å². The Morgan fingerprint density at radius 1 is 1.25 bits per heavy atom. The Hall–Kier alpha value is -1.60. The molecule has 6 nitrogen and oxygen atoms in total. The van der Waals surface area contributed by atoms with Crippen LogP contribution in [-0.4, -0.2) is 40.3 Å². The Morgan fingerprint density at radius 2 is 1.92 bits per heavy atom. The van der Waals surface area contributed by atoms with E-state index in [1.807, 2.05) is 12.1 Å². The second kappa shape index (κ2) is 7.98. The number of ether oxygens (including phenoxy) is 1. The third kappa shape index (κ3) is 4.27. The summed E-state index contributed by atoms with van der Waals surface area (Å²) < 4.78 is 30.7. The first-order valence-electron chi connectivity index (χ1n) is 8.32. The zero-order valence-electron chi connectivity index (χ0n) is 14.3. The minimum Gasteiger partial charge on any atom is -0.385 e. The fraction of sp³-hybridized carbons (Fsp3) is 0.588. The molecule has 1 fully saturated rings. The Labute approximate surface area is 144 Å². The highest BCUT2D eigenvalue weighted by molar-refractivity contribution is 7.92. The van der Waals surface area contributed by atoms with Gasteiger partial charge in [0.2, 0.25) is 15.9 Å². The van der Waals surface area contributed by atoms with E-state index in [9.17, 15) is 13.2 Å². The van der Waals surface area contributed by atoms with Crippen molar-refractivity contribution >= 4 is 21.6 Å². The summed E-state index contributed by atoms with van der Waals surface area (Å²) >= 11 is 0. The smallest absolute Gasteiger partial charge is 0.232 e. The molecule has 0 saturated heterocycles. The largest absolute Gasteiger partial charge is 0.385 e. The Morgan fingerprint density at radius 3 is 2.42 bits per heavy atom. The maximum absolute atomic E-state index is 12.6. The molecule has 1 amide bonds. The standard InChI is InChI=1S/C17H26N2O4S/c1-3-24(21,22)19-15-8-6-14(7-9-15)17(10-4-11-17)16(20)18-12-5-13-23-2/h6-9,19H,3-5,10-13H2,1-2H3,(H,18,20). The van der Waals surface area contributed by atoms with Gasteiger partial charge in [-0.2, -0.15) is 0 Å². The molecule has 24 heavy (non-hydrogen) atoms. The molecule has 134 valence electrons. The molecule has 1 saturated carbocycles. The number of hydrogen-bond acceptors (Lipinski definition) is 4. The monoisotopic (exact) mass is 354 g/mol. The molecule has 0 aliphatic heterocycles. The van der Waals surface area contributed by atoms with Gasteiger partial charge in [0.1, 0.15) is 0 Å². The van der Waals surface area contributed by atoms with Crippen molar-refractivity contribution in [1.82, 2.24) is 5.32 Å². The molecule has 0 atom stereocenters. The number of benzene rings is 1. The summed E-state index contributed by atoms with van der Waals surface area (Å²) in [5.74, 6) is 0.0782. The van der Waals surface area contributed by atoms with Crippen LogP contribution in [0.1, 0.15) is 38.2 Å². The third-order valence-corrected chi connectivity index (χ3v) is 5.85. The summed E-state index contributed by atoms with van der Waals surface area (Å²) in [6.45, 7) is 2.82. The molecule has 0 unspecified atom stereocenters. The van der Waals surface area contributed by atoms with Gasteiger partial charge in [0.15, 0.2) is 0 Å². The molecule has 7 heteroatoms. The minimum absolute atomic E-state index is 0.0303. The van der Waals surface area contributed by atoms with Gasteiger partial charge in [0.25, 0.3) is 0 Å². The second-order valence-corrected chi connectivity index (χ2v) is 8.13. The summed E-state index contributed by atoms with van der Waals surface area (Å²) in [6, 6.07) is 7.14. The highest BCUT2D eigenvalue weighted by Gasteiger charge is 2.45. The van der Waals surface area contributed by atoms with E-state index in [1.54, 1.807) is 26.2 Å². The highest BCUT2D eigenvalue weighted by atomic mass is 32.2. The first-order valence-corrected chi connectivity index (χ1v) is 9.97. The summed E-state index contributed by atoms with van der Waals surface area (Å²) in [5.41, 5.74) is 0.989. The van der Waals surface area contributed by atoms with Crippen LogP contribution in [0.15, 0.2) is 24.3 Å². The molecular formula is C17H26N2O4S. The quantitative estimate of drug-likeness (QED) is 0.665. The molecular weight excluding hydrogens is 328 g/mol. The molecule has 1 aliphatic carbocycles. The van der Waals surface area contributed by atoms with Gasteiger partial charge >= 0.3 is 0 Å². The number of carbonyl (C=O) groups is 1. The fourth-order valence-electron chi connectivity index (χ4n) is 2.87. The van der Waals surface area contributed by atoms with Crippen molar-refractivity contribution in [2.24, 2.45) is 0 Å². The molecule has 2 rings (SSSR count). The number of nitrogens with one attached hydrogen (secondary N) is 2. The normalized spacial score (nSPS) is 16.2. The van der Waals surface area contributed by atoms with Crippen LogP contribution in [-0.2, 0) is 25.0 Å². The molecule has 0 bridgehead atoms. The van der Waals surface area contributed by atoms with Gasteiger partial charge in [-0.05, 0) is 43.9 Å². The number of amides is 1. The van der Waals surface area contributed by atoms with Gasteiger partial charge in [-0.15, -0.1) is 0 Å². The lowest BCUT2D eigenvalue weighted by molar-refractivity contribution is -0.129. The first-order chi connectivity index (χ1) is 11.4. The van der Waals surface area contributed by atoms with Gasteiger partial charge in [0, 0.05) is 25.9 Å². The van der Waals surface area contributed by atoms with Crippen LogP contribution in [0, 0.1) is 0 Å². The highest BCUT2D eigenvalue weighted by Crippen LogP contribution is 2.44. The van der Waals surface area contributed by atoms with Crippen molar-refractivity contribution in [3.8, 4) is 0 Å². The van der Waals surface area contributed by atoms with Crippen LogP contribution >= 0.6 is 0 Å². The van der Waals surface area contributed by atoms with E-state index in [4.69, 9.17) is 4.74 Å². The Kier molecular flexibility index (Phi) is 6.23. The predicted octanol–water partition coefficient (Wildman–Crippen LogP) is 2.02. The van der Waals surface area contributed by atoms with Gasteiger partial charge < -0.3 is 10.1 Å². The number of methoxy groups -OCH3 is 1. The molecule has 0 heterocycles. The summed E-state index contributed by atoms with van der Waals surface area (Å²) in [7, 11) is -1.64. The molecule has 0 spiro atoms. The Bertz CT molecular complexity index is 652. The van der Waals surface area contributed by atoms with Gasteiger partial charge in [-0.3, -0.25) is 9.52 Å². The van der Waals surface area contributed by atoms with Crippen molar-refractivity contribution in [2.45, 2.75) is 38.0 Å². The van der Waals surface area contributed by atoms with Crippen LogP contribution < -0.4 is 10.0 Å². The van der Waals surface area contributed by atoms with E-state index in [0.717, 1.165) is 31.2 Å².